The van der Waals surface area contributed by atoms with Crippen LogP contribution >= 0.6 is 0 Å². The van der Waals surface area contributed by atoms with E-state index < -0.39 is 17.7 Å². The summed E-state index contributed by atoms with van der Waals surface area (Å²) in [6.45, 7) is 9.42. The Hall–Kier alpha value is -3.52. The molecule has 0 saturated carbocycles. The van der Waals surface area contributed by atoms with Crippen molar-refractivity contribution in [2.75, 3.05) is 33.5 Å². The van der Waals surface area contributed by atoms with Crippen molar-refractivity contribution in [2.24, 2.45) is 0 Å². The number of nitrogens with zero attached hydrogens (tertiary/aromatic N) is 1. The van der Waals surface area contributed by atoms with Crippen LogP contribution in [0.3, 0.4) is 0 Å². The average Bonchev–Trinajstić information content (AvgIpc) is 3.14. The Morgan fingerprint density at radius 3 is 2.49 bits per heavy atom. The first kappa shape index (κ1) is 28.1. The molecule has 1 fully saturated rings. The van der Waals surface area contributed by atoms with Gasteiger partial charge < -0.3 is 29.0 Å². The van der Waals surface area contributed by atoms with Gasteiger partial charge in [-0.1, -0.05) is 25.1 Å². The Bertz CT molecular complexity index is 1120. The van der Waals surface area contributed by atoms with Gasteiger partial charge in [-0.3, -0.25) is 9.59 Å². The number of aliphatic hydroxyl groups is 1. The number of aliphatic hydroxyl groups excluding tert-OH is 1. The molecule has 1 aliphatic heterocycles. The van der Waals surface area contributed by atoms with Gasteiger partial charge in [-0.2, -0.15) is 0 Å². The number of amides is 1. The smallest absolute Gasteiger partial charge is 0.295 e. The predicted octanol–water partition coefficient (Wildman–Crippen LogP) is 5.12. The van der Waals surface area contributed by atoms with E-state index in [-0.39, 0.29) is 24.0 Å². The van der Waals surface area contributed by atoms with E-state index in [1.807, 2.05) is 27.7 Å². The number of hydrogen-bond acceptors (Lipinski definition) is 7. The maximum Gasteiger partial charge on any atom is 0.295 e. The van der Waals surface area contributed by atoms with Crippen molar-refractivity contribution in [3.05, 3.63) is 59.2 Å². The minimum absolute atomic E-state index is 0.0232. The van der Waals surface area contributed by atoms with Gasteiger partial charge in [0.15, 0.2) is 11.5 Å². The average molecular weight is 512 g/mol. The molecule has 1 unspecified atom stereocenters. The molecule has 1 atom stereocenters. The number of carbonyl (C=O) groups excluding carboxylic acids is 2. The molecule has 2 aromatic rings. The van der Waals surface area contributed by atoms with E-state index in [2.05, 4.69) is 0 Å². The normalized spacial score (nSPS) is 16.9. The van der Waals surface area contributed by atoms with Gasteiger partial charge >= 0.3 is 0 Å². The van der Waals surface area contributed by atoms with Gasteiger partial charge in [0.1, 0.15) is 11.5 Å². The molecular weight excluding hydrogens is 474 g/mol. The first-order chi connectivity index (χ1) is 17.8. The topological polar surface area (TPSA) is 94.5 Å². The fourth-order valence-electron chi connectivity index (χ4n) is 4.25. The van der Waals surface area contributed by atoms with Gasteiger partial charge in [0.2, 0.25) is 0 Å². The summed E-state index contributed by atoms with van der Waals surface area (Å²) in [5, 5.41) is 11.4. The lowest BCUT2D eigenvalue weighted by Crippen LogP contribution is -2.31. The number of benzene rings is 2. The summed E-state index contributed by atoms with van der Waals surface area (Å²) in [4.78, 5) is 28.0. The van der Waals surface area contributed by atoms with Crippen molar-refractivity contribution >= 4 is 17.4 Å². The molecule has 1 aliphatic rings. The lowest BCUT2D eigenvalue weighted by molar-refractivity contribution is -0.140. The Morgan fingerprint density at radius 2 is 1.81 bits per heavy atom. The minimum Gasteiger partial charge on any atom is -0.507 e. The zero-order valence-corrected chi connectivity index (χ0v) is 22.3. The van der Waals surface area contributed by atoms with Crippen LogP contribution in [0.5, 0.6) is 17.2 Å². The van der Waals surface area contributed by atoms with Crippen molar-refractivity contribution in [3.8, 4) is 17.2 Å². The summed E-state index contributed by atoms with van der Waals surface area (Å²) >= 11 is 0. The lowest BCUT2D eigenvalue weighted by Gasteiger charge is -2.26. The summed E-state index contributed by atoms with van der Waals surface area (Å²) in [7, 11) is 1.55. The van der Waals surface area contributed by atoms with E-state index in [1.165, 1.54) is 4.90 Å². The van der Waals surface area contributed by atoms with Crippen LogP contribution in [-0.2, 0) is 14.3 Å². The number of hydrogen-bond donors (Lipinski definition) is 1. The maximum atomic E-state index is 13.3. The first-order valence-corrected chi connectivity index (χ1v) is 12.8. The Balaban J connectivity index is 2.09. The van der Waals surface area contributed by atoms with Crippen LogP contribution in [0.15, 0.2) is 48.0 Å². The molecule has 0 radical (unpaired) electrons. The zero-order chi connectivity index (χ0) is 26.9. The third-order valence-corrected chi connectivity index (χ3v) is 5.92. The molecule has 1 N–H and O–H groups in total. The Morgan fingerprint density at radius 1 is 1.03 bits per heavy atom. The second kappa shape index (κ2) is 13.1. The molecule has 1 saturated heterocycles. The van der Waals surface area contributed by atoms with Crippen LogP contribution in [0.25, 0.3) is 5.76 Å². The monoisotopic (exact) mass is 511 g/mol. The van der Waals surface area contributed by atoms with E-state index in [0.29, 0.717) is 54.6 Å². The largest absolute Gasteiger partial charge is 0.507 e. The van der Waals surface area contributed by atoms with Crippen LogP contribution in [0, 0.1) is 0 Å². The number of methoxy groups -OCH3 is 1. The van der Waals surface area contributed by atoms with Crippen LogP contribution in [0.4, 0.5) is 0 Å². The summed E-state index contributed by atoms with van der Waals surface area (Å²) in [5.74, 6) is -0.0466. The SMILES string of the molecule is CCCOc1cccc(/C(O)=C2/C(=O)C(=O)N(CCCOC(C)C)C2c2ccc(OC)c(OCC)c2)c1. The standard InChI is InChI=1S/C29H37NO7/c1-6-15-37-22-11-8-10-21(17-22)27(31)25-26(20-12-13-23(34-5)24(18-20)35-7-2)30(29(33)28(25)32)14-9-16-36-19(3)4/h8,10-13,17-19,26,31H,6-7,9,14-16H2,1-5H3/b27-25-. The third kappa shape index (κ3) is 6.63. The molecule has 0 bridgehead atoms. The van der Waals surface area contributed by atoms with Crippen LogP contribution in [0.2, 0.25) is 0 Å². The van der Waals surface area contributed by atoms with Gasteiger partial charge in [-0.05, 0) is 63.4 Å². The second-order valence-electron chi connectivity index (χ2n) is 8.99. The number of likely N-dealkylation sites (tertiary alicyclic amines) is 1. The summed E-state index contributed by atoms with van der Waals surface area (Å²) in [5.41, 5.74) is 1.06. The number of ether oxygens (including phenoxy) is 4. The maximum absolute atomic E-state index is 13.3. The lowest BCUT2D eigenvalue weighted by atomic mass is 9.95. The van der Waals surface area contributed by atoms with Crippen molar-refractivity contribution < 1.29 is 33.6 Å². The van der Waals surface area contributed by atoms with E-state index in [1.54, 1.807) is 49.6 Å². The zero-order valence-electron chi connectivity index (χ0n) is 22.3. The van der Waals surface area contributed by atoms with Crippen LogP contribution < -0.4 is 14.2 Å². The predicted molar refractivity (Wildman–Crippen MR) is 141 cm³/mol. The molecule has 8 nitrogen and oxygen atoms in total. The van der Waals surface area contributed by atoms with Crippen molar-refractivity contribution in [2.45, 2.75) is 52.7 Å². The Kier molecular flexibility index (Phi) is 9.97. The number of carbonyl (C=O) groups is 2. The van der Waals surface area contributed by atoms with Crippen LogP contribution in [0.1, 0.15) is 57.7 Å². The van der Waals surface area contributed by atoms with Gasteiger partial charge in [-0.15, -0.1) is 0 Å². The quantitative estimate of drug-likeness (QED) is 0.173. The molecule has 37 heavy (non-hydrogen) atoms. The molecule has 2 aromatic carbocycles. The highest BCUT2D eigenvalue weighted by molar-refractivity contribution is 6.46. The third-order valence-electron chi connectivity index (χ3n) is 5.92. The van der Waals surface area contributed by atoms with Gasteiger partial charge in [0, 0.05) is 18.7 Å². The summed E-state index contributed by atoms with van der Waals surface area (Å²) in [6.07, 6.45) is 1.43. The first-order valence-electron chi connectivity index (χ1n) is 12.8. The number of Topliss-reactive ketones (excluding diaryl/α,β-unsaturated/α-hetero) is 1. The highest BCUT2D eigenvalue weighted by atomic mass is 16.5. The second-order valence-corrected chi connectivity index (χ2v) is 8.99. The highest BCUT2D eigenvalue weighted by Gasteiger charge is 2.46. The summed E-state index contributed by atoms with van der Waals surface area (Å²) in [6, 6.07) is 11.4. The molecule has 8 heteroatoms. The van der Waals surface area contributed by atoms with Crippen molar-refractivity contribution in [1.29, 1.82) is 0 Å². The molecule has 0 aromatic heterocycles. The van der Waals surface area contributed by atoms with E-state index in [0.717, 1.165) is 6.42 Å². The Labute approximate surface area is 218 Å². The summed E-state index contributed by atoms with van der Waals surface area (Å²) < 4.78 is 22.5. The molecule has 3 rings (SSSR count). The van der Waals surface area contributed by atoms with Crippen molar-refractivity contribution in [3.63, 3.8) is 0 Å². The number of rotatable bonds is 13. The molecular formula is C29H37NO7. The molecule has 0 aliphatic carbocycles. The molecule has 1 amide bonds. The van der Waals surface area contributed by atoms with E-state index in [9.17, 15) is 14.7 Å². The molecule has 0 spiro atoms. The number of ketones is 1. The minimum atomic E-state index is -0.802. The van der Waals surface area contributed by atoms with E-state index >= 15 is 0 Å². The fourth-order valence-corrected chi connectivity index (χ4v) is 4.25. The van der Waals surface area contributed by atoms with E-state index in [4.69, 9.17) is 18.9 Å². The van der Waals surface area contributed by atoms with Gasteiger partial charge in [-0.25, -0.2) is 0 Å². The van der Waals surface area contributed by atoms with Gasteiger partial charge in [0.05, 0.1) is 38.0 Å². The van der Waals surface area contributed by atoms with Crippen molar-refractivity contribution in [1.82, 2.24) is 4.90 Å². The molecule has 1 heterocycles. The van der Waals surface area contributed by atoms with Gasteiger partial charge in [0.25, 0.3) is 11.7 Å². The van der Waals surface area contributed by atoms with Crippen LogP contribution in [-0.4, -0.2) is 61.3 Å². The fraction of sp³-hybridized carbons (Fsp3) is 0.448. The molecule has 200 valence electrons. The highest BCUT2D eigenvalue weighted by Crippen LogP contribution is 2.42.